The maximum atomic E-state index is 13.1. The Morgan fingerprint density at radius 3 is 2.63 bits per heavy atom. The first-order valence-corrected chi connectivity index (χ1v) is 10.4. The second kappa shape index (κ2) is 7.85. The molecule has 4 nitrogen and oxygen atoms in total. The number of amides is 1. The van der Waals surface area contributed by atoms with E-state index in [1.807, 2.05) is 24.0 Å². The van der Waals surface area contributed by atoms with Crippen LogP contribution >= 0.6 is 11.8 Å². The number of carbonyl (C=O) groups excluding carboxylic acids is 1. The van der Waals surface area contributed by atoms with Gasteiger partial charge in [0.05, 0.1) is 11.3 Å². The number of benzene rings is 2. The van der Waals surface area contributed by atoms with E-state index in [1.54, 1.807) is 11.8 Å². The van der Waals surface area contributed by atoms with E-state index in [9.17, 15) is 4.79 Å². The molecule has 0 radical (unpaired) electrons. The summed E-state index contributed by atoms with van der Waals surface area (Å²) in [7, 11) is 0. The van der Waals surface area contributed by atoms with Crippen LogP contribution in [0.3, 0.4) is 0 Å². The van der Waals surface area contributed by atoms with Crippen LogP contribution < -0.4 is 9.47 Å². The Balaban J connectivity index is 1.48. The highest BCUT2D eigenvalue weighted by Gasteiger charge is 2.33. The minimum absolute atomic E-state index is 0.106. The molecule has 0 aromatic heterocycles. The predicted molar refractivity (Wildman–Crippen MR) is 108 cm³/mol. The summed E-state index contributed by atoms with van der Waals surface area (Å²) in [5.41, 5.74) is 2.37. The molecule has 2 aromatic carbocycles. The summed E-state index contributed by atoms with van der Waals surface area (Å²) < 4.78 is 11.3. The smallest absolute Gasteiger partial charge is 0.236 e. The Labute approximate surface area is 164 Å². The lowest BCUT2D eigenvalue weighted by atomic mass is 10.0. The molecule has 1 saturated heterocycles. The first kappa shape index (κ1) is 18.2. The zero-order valence-electron chi connectivity index (χ0n) is 15.8. The molecule has 2 unspecified atom stereocenters. The van der Waals surface area contributed by atoms with Crippen LogP contribution in [0.25, 0.3) is 0 Å². The molecule has 2 aliphatic heterocycles. The van der Waals surface area contributed by atoms with Gasteiger partial charge in [-0.1, -0.05) is 23.8 Å². The average Bonchev–Trinajstić information content (AvgIpc) is 3.18. The zero-order chi connectivity index (χ0) is 18.8. The molecule has 2 atom stereocenters. The van der Waals surface area contributed by atoms with Crippen LogP contribution in [0.15, 0.2) is 47.4 Å². The highest BCUT2D eigenvalue weighted by atomic mass is 32.2. The highest BCUT2D eigenvalue weighted by molar-refractivity contribution is 8.00. The van der Waals surface area contributed by atoms with Gasteiger partial charge in [0, 0.05) is 11.4 Å². The van der Waals surface area contributed by atoms with E-state index in [4.69, 9.17) is 9.47 Å². The van der Waals surface area contributed by atoms with Crippen LogP contribution in [0, 0.1) is 6.92 Å². The van der Waals surface area contributed by atoms with E-state index in [2.05, 4.69) is 37.3 Å². The Bertz CT molecular complexity index is 821. The second-order valence-corrected chi connectivity index (χ2v) is 8.58. The molecule has 0 spiro atoms. The number of hydrogen-bond donors (Lipinski definition) is 0. The summed E-state index contributed by atoms with van der Waals surface area (Å²) >= 11 is 1.63. The van der Waals surface area contributed by atoms with Gasteiger partial charge in [-0.15, -0.1) is 11.8 Å². The number of rotatable bonds is 4. The highest BCUT2D eigenvalue weighted by Crippen LogP contribution is 2.39. The molecule has 1 amide bonds. The SMILES string of the molecule is Cc1ccc(SC(C)C(=O)N2CCCC2c2ccc3c(c2)OCCO3)cc1. The molecule has 0 aliphatic carbocycles. The Morgan fingerprint density at radius 1 is 1.11 bits per heavy atom. The minimum Gasteiger partial charge on any atom is -0.486 e. The predicted octanol–water partition coefficient (Wildman–Crippen LogP) is 4.61. The Kier molecular flexibility index (Phi) is 5.30. The molecule has 2 aliphatic rings. The van der Waals surface area contributed by atoms with E-state index in [0.29, 0.717) is 13.2 Å². The fourth-order valence-corrected chi connectivity index (χ4v) is 4.69. The van der Waals surface area contributed by atoms with Crippen molar-refractivity contribution in [3.63, 3.8) is 0 Å². The van der Waals surface area contributed by atoms with Crippen molar-refractivity contribution in [3.05, 3.63) is 53.6 Å². The minimum atomic E-state index is -0.106. The van der Waals surface area contributed by atoms with Crippen LogP contribution in [0.1, 0.15) is 36.9 Å². The topological polar surface area (TPSA) is 38.8 Å². The summed E-state index contributed by atoms with van der Waals surface area (Å²) in [6.07, 6.45) is 2.03. The van der Waals surface area contributed by atoms with Gasteiger partial charge >= 0.3 is 0 Å². The van der Waals surface area contributed by atoms with Crippen molar-refractivity contribution in [1.82, 2.24) is 4.90 Å². The third kappa shape index (κ3) is 3.93. The monoisotopic (exact) mass is 383 g/mol. The second-order valence-electron chi connectivity index (χ2n) is 7.17. The molecule has 5 heteroatoms. The van der Waals surface area contributed by atoms with Gasteiger partial charge in [0.2, 0.25) is 5.91 Å². The number of aryl methyl sites for hydroxylation is 1. The standard InChI is InChI=1S/C22H25NO3S/c1-15-5-8-18(9-6-15)27-16(2)22(24)23-11-3-4-19(23)17-7-10-20-21(14-17)26-13-12-25-20/h5-10,14,16,19H,3-4,11-13H2,1-2H3. The van der Waals surface area contributed by atoms with Crippen LogP contribution in [-0.2, 0) is 4.79 Å². The van der Waals surface area contributed by atoms with E-state index < -0.39 is 0 Å². The summed E-state index contributed by atoms with van der Waals surface area (Å²) in [6.45, 7) is 6.07. The maximum Gasteiger partial charge on any atom is 0.236 e. The summed E-state index contributed by atoms with van der Waals surface area (Å²) in [6, 6.07) is 14.6. The molecule has 27 heavy (non-hydrogen) atoms. The van der Waals surface area contributed by atoms with Gasteiger partial charge in [-0.2, -0.15) is 0 Å². The Morgan fingerprint density at radius 2 is 1.85 bits per heavy atom. The summed E-state index contributed by atoms with van der Waals surface area (Å²) in [5.74, 6) is 1.79. The van der Waals surface area contributed by atoms with Crippen molar-refractivity contribution in [2.45, 2.75) is 42.9 Å². The number of thioether (sulfide) groups is 1. The van der Waals surface area contributed by atoms with E-state index >= 15 is 0 Å². The van der Waals surface area contributed by atoms with Crippen LogP contribution in [-0.4, -0.2) is 35.8 Å². The fourth-order valence-electron chi connectivity index (χ4n) is 3.75. The number of ether oxygens (including phenoxy) is 2. The van der Waals surface area contributed by atoms with Crippen LogP contribution in [0.2, 0.25) is 0 Å². The molecule has 1 fully saturated rings. The quantitative estimate of drug-likeness (QED) is 0.723. The molecule has 142 valence electrons. The molecule has 0 saturated carbocycles. The molecule has 0 N–H and O–H groups in total. The molecule has 4 rings (SSSR count). The van der Waals surface area contributed by atoms with Crippen LogP contribution in [0.4, 0.5) is 0 Å². The number of carbonyl (C=O) groups is 1. The van der Waals surface area contributed by atoms with Crippen molar-refractivity contribution in [1.29, 1.82) is 0 Å². The first-order chi connectivity index (χ1) is 13.1. The summed E-state index contributed by atoms with van der Waals surface area (Å²) in [5, 5.41) is -0.106. The van der Waals surface area contributed by atoms with Crippen molar-refractivity contribution < 1.29 is 14.3 Å². The van der Waals surface area contributed by atoms with E-state index in [0.717, 1.165) is 41.3 Å². The fraction of sp³-hybridized carbons (Fsp3) is 0.409. The third-order valence-corrected chi connectivity index (χ3v) is 6.27. The van der Waals surface area contributed by atoms with Gasteiger partial charge in [0.1, 0.15) is 13.2 Å². The van der Waals surface area contributed by atoms with E-state index in [1.165, 1.54) is 5.56 Å². The van der Waals surface area contributed by atoms with Gasteiger partial charge in [0.15, 0.2) is 11.5 Å². The number of fused-ring (bicyclic) bond motifs is 1. The van der Waals surface area contributed by atoms with Crippen LogP contribution in [0.5, 0.6) is 11.5 Å². The Hall–Kier alpha value is -2.14. The lowest BCUT2D eigenvalue weighted by Crippen LogP contribution is -2.36. The van der Waals surface area contributed by atoms with Gasteiger partial charge < -0.3 is 14.4 Å². The zero-order valence-corrected chi connectivity index (χ0v) is 16.6. The number of likely N-dealkylation sites (tertiary alicyclic amines) is 1. The third-order valence-electron chi connectivity index (χ3n) is 5.17. The molecular weight excluding hydrogens is 358 g/mol. The summed E-state index contributed by atoms with van der Waals surface area (Å²) in [4.78, 5) is 16.3. The van der Waals surface area contributed by atoms with Crippen molar-refractivity contribution in [2.24, 2.45) is 0 Å². The number of nitrogens with zero attached hydrogens (tertiary/aromatic N) is 1. The van der Waals surface area contributed by atoms with Gasteiger partial charge in [-0.05, 0) is 56.5 Å². The molecule has 2 aromatic rings. The van der Waals surface area contributed by atoms with Crippen molar-refractivity contribution in [2.75, 3.05) is 19.8 Å². The van der Waals surface area contributed by atoms with E-state index in [-0.39, 0.29) is 17.2 Å². The lowest BCUT2D eigenvalue weighted by Gasteiger charge is -2.28. The van der Waals surface area contributed by atoms with Crippen molar-refractivity contribution >= 4 is 17.7 Å². The number of hydrogen-bond acceptors (Lipinski definition) is 4. The molecule has 0 bridgehead atoms. The normalized spacial score (nSPS) is 19.8. The maximum absolute atomic E-state index is 13.1. The van der Waals surface area contributed by atoms with Crippen molar-refractivity contribution in [3.8, 4) is 11.5 Å². The van der Waals surface area contributed by atoms with Gasteiger partial charge in [0.25, 0.3) is 0 Å². The van der Waals surface area contributed by atoms with Gasteiger partial charge in [-0.25, -0.2) is 0 Å². The van der Waals surface area contributed by atoms with Gasteiger partial charge in [-0.3, -0.25) is 4.79 Å². The molecule has 2 heterocycles. The molecular formula is C22H25NO3S. The average molecular weight is 384 g/mol. The first-order valence-electron chi connectivity index (χ1n) is 9.55. The largest absolute Gasteiger partial charge is 0.486 e. The lowest BCUT2D eigenvalue weighted by molar-refractivity contribution is -0.131.